The highest BCUT2D eigenvalue weighted by Crippen LogP contribution is 2.33. The van der Waals surface area contributed by atoms with Gasteiger partial charge in [0.2, 0.25) is 5.12 Å². The van der Waals surface area contributed by atoms with Gasteiger partial charge in [0, 0.05) is 17.6 Å². The van der Waals surface area contributed by atoms with Crippen LogP contribution in [0.5, 0.6) is 0 Å². The normalized spacial score (nSPS) is 20.0. The second-order valence-corrected chi connectivity index (χ2v) is 8.00. The molecule has 1 fully saturated rings. The summed E-state index contributed by atoms with van der Waals surface area (Å²) in [6, 6.07) is 0. The molecule has 0 aliphatic heterocycles. The molecule has 1 rings (SSSR count). The molecule has 0 radical (unpaired) electrons. The number of thioether (sulfide) groups is 1. The first-order valence-electron chi connectivity index (χ1n) is 6.61. The van der Waals surface area contributed by atoms with Gasteiger partial charge in [-0.15, -0.1) is 0 Å². The summed E-state index contributed by atoms with van der Waals surface area (Å²) in [5.41, 5.74) is -0.915. The fourth-order valence-electron chi connectivity index (χ4n) is 2.07. The van der Waals surface area contributed by atoms with Crippen LogP contribution in [0, 0.1) is 5.41 Å². The first-order chi connectivity index (χ1) is 8.65. The molecule has 0 unspecified atom stereocenters. The van der Waals surface area contributed by atoms with E-state index in [4.69, 9.17) is 0 Å². The Kier molecular flexibility index (Phi) is 5.13. The lowest BCUT2D eigenvalue weighted by Crippen LogP contribution is -2.39. The van der Waals surface area contributed by atoms with Gasteiger partial charge in [-0.3, -0.25) is 14.4 Å². The number of carbonyl (C=O) groups excluding carboxylic acids is 3. The van der Waals surface area contributed by atoms with Crippen molar-refractivity contribution in [3.8, 4) is 0 Å². The van der Waals surface area contributed by atoms with Crippen LogP contribution in [0.4, 0.5) is 0 Å². The Labute approximate surface area is 119 Å². The van der Waals surface area contributed by atoms with Crippen LogP contribution in [-0.2, 0) is 14.4 Å². The Balaban J connectivity index is 2.62. The highest BCUT2D eigenvalue weighted by molar-refractivity contribution is 8.15. The molecule has 0 atom stereocenters. The number of carbonyl (C=O) groups is 3. The lowest BCUT2D eigenvalue weighted by atomic mass is 9.71. The van der Waals surface area contributed by atoms with E-state index in [0.717, 1.165) is 0 Å². The van der Waals surface area contributed by atoms with E-state index in [1.807, 2.05) is 20.8 Å². The largest absolute Gasteiger partial charge is 0.299 e. The van der Waals surface area contributed by atoms with Crippen molar-refractivity contribution in [2.24, 2.45) is 5.41 Å². The molecule has 0 aromatic rings. The van der Waals surface area contributed by atoms with E-state index >= 15 is 0 Å². The zero-order valence-corrected chi connectivity index (χ0v) is 12.9. The Morgan fingerprint density at radius 3 is 2.26 bits per heavy atom. The Bertz CT molecular complexity index is 400. The number of hydrogen-bond donors (Lipinski definition) is 0. The SMILES string of the molecule is CC(C)(C)SC(=O)/C=C/CC1(C)C(=O)CCCC1=O. The van der Waals surface area contributed by atoms with Crippen molar-refractivity contribution in [1.82, 2.24) is 0 Å². The molecule has 106 valence electrons. The van der Waals surface area contributed by atoms with Gasteiger partial charge in [0.15, 0.2) is 0 Å². The highest BCUT2D eigenvalue weighted by Gasteiger charge is 2.41. The van der Waals surface area contributed by atoms with Gasteiger partial charge in [0.25, 0.3) is 0 Å². The smallest absolute Gasteiger partial charge is 0.212 e. The quantitative estimate of drug-likeness (QED) is 0.588. The highest BCUT2D eigenvalue weighted by atomic mass is 32.2. The maximum atomic E-state index is 11.9. The summed E-state index contributed by atoms with van der Waals surface area (Å²) >= 11 is 1.25. The predicted octanol–water partition coefficient (Wildman–Crippen LogP) is 3.32. The minimum atomic E-state index is -0.915. The van der Waals surface area contributed by atoms with E-state index in [1.165, 1.54) is 17.8 Å². The predicted molar refractivity (Wildman–Crippen MR) is 78.1 cm³/mol. The van der Waals surface area contributed by atoms with E-state index in [1.54, 1.807) is 13.0 Å². The average Bonchev–Trinajstić information content (AvgIpc) is 2.23. The summed E-state index contributed by atoms with van der Waals surface area (Å²) in [5.74, 6) is 0.00801. The summed E-state index contributed by atoms with van der Waals surface area (Å²) in [4.78, 5) is 35.4. The first kappa shape index (κ1) is 16.2. The first-order valence-corrected chi connectivity index (χ1v) is 7.43. The number of hydrogen-bond acceptors (Lipinski definition) is 4. The van der Waals surface area contributed by atoms with E-state index in [9.17, 15) is 14.4 Å². The summed E-state index contributed by atoms with van der Waals surface area (Å²) in [6.45, 7) is 7.61. The summed E-state index contributed by atoms with van der Waals surface area (Å²) in [6.07, 6.45) is 5.09. The van der Waals surface area contributed by atoms with Crippen molar-refractivity contribution >= 4 is 28.4 Å². The fraction of sp³-hybridized carbons (Fsp3) is 0.667. The lowest BCUT2D eigenvalue weighted by Gasteiger charge is -2.29. The third-order valence-electron chi connectivity index (χ3n) is 3.23. The van der Waals surface area contributed by atoms with Crippen LogP contribution in [-0.4, -0.2) is 21.4 Å². The molecule has 0 N–H and O–H groups in total. The standard InChI is InChI=1S/C15H22O3S/c1-14(2,3)19-13(18)9-6-10-15(4)11(16)7-5-8-12(15)17/h6,9H,5,7-8,10H2,1-4H3/b9-6+. The number of allylic oxidation sites excluding steroid dienone is 1. The maximum absolute atomic E-state index is 11.9. The van der Waals surface area contributed by atoms with E-state index < -0.39 is 5.41 Å². The van der Waals surface area contributed by atoms with Gasteiger partial charge < -0.3 is 0 Å². The second kappa shape index (κ2) is 6.04. The molecular weight excluding hydrogens is 260 g/mol. The molecule has 0 heterocycles. The van der Waals surface area contributed by atoms with Crippen LogP contribution in [0.25, 0.3) is 0 Å². The Morgan fingerprint density at radius 1 is 1.26 bits per heavy atom. The summed E-state index contributed by atoms with van der Waals surface area (Å²) in [7, 11) is 0. The van der Waals surface area contributed by atoms with Crippen molar-refractivity contribution in [3.63, 3.8) is 0 Å². The van der Waals surface area contributed by atoms with Crippen LogP contribution in [0.15, 0.2) is 12.2 Å². The molecule has 1 aliphatic rings. The van der Waals surface area contributed by atoms with Gasteiger partial charge in [0.1, 0.15) is 11.6 Å². The van der Waals surface area contributed by atoms with Crippen molar-refractivity contribution < 1.29 is 14.4 Å². The van der Waals surface area contributed by atoms with E-state index in [2.05, 4.69) is 0 Å². The molecule has 0 aromatic carbocycles. The zero-order chi connectivity index (χ0) is 14.7. The molecule has 1 saturated carbocycles. The van der Waals surface area contributed by atoms with Gasteiger partial charge in [-0.05, 0) is 25.8 Å². The average molecular weight is 282 g/mol. The van der Waals surface area contributed by atoms with Crippen LogP contribution in [0.2, 0.25) is 0 Å². The Hall–Kier alpha value is -0.900. The van der Waals surface area contributed by atoms with Gasteiger partial charge in [0.05, 0.1) is 5.41 Å². The van der Waals surface area contributed by atoms with Gasteiger partial charge >= 0.3 is 0 Å². The van der Waals surface area contributed by atoms with E-state index in [-0.39, 0.29) is 21.4 Å². The molecule has 0 aromatic heterocycles. The minimum absolute atomic E-state index is 0.00400. The van der Waals surface area contributed by atoms with Crippen LogP contribution in [0.3, 0.4) is 0 Å². The zero-order valence-electron chi connectivity index (χ0n) is 12.1. The second-order valence-electron chi connectivity index (χ2n) is 6.17. The van der Waals surface area contributed by atoms with Crippen LogP contribution in [0.1, 0.15) is 53.4 Å². The molecule has 0 amide bonds. The molecule has 4 heteroatoms. The molecule has 0 spiro atoms. The molecule has 0 saturated heterocycles. The molecule has 3 nitrogen and oxygen atoms in total. The van der Waals surface area contributed by atoms with Crippen molar-refractivity contribution in [3.05, 3.63) is 12.2 Å². The monoisotopic (exact) mass is 282 g/mol. The molecule has 19 heavy (non-hydrogen) atoms. The van der Waals surface area contributed by atoms with E-state index in [0.29, 0.717) is 25.7 Å². The summed E-state index contributed by atoms with van der Waals surface area (Å²) < 4.78 is -0.123. The maximum Gasteiger partial charge on any atom is 0.212 e. The molecule has 0 bridgehead atoms. The third kappa shape index (κ3) is 4.60. The van der Waals surface area contributed by atoms with Crippen molar-refractivity contribution in [2.45, 2.75) is 58.1 Å². The molecular formula is C15H22O3S. The number of Topliss-reactive ketones (excluding diaryl/α,β-unsaturated/α-hetero) is 2. The van der Waals surface area contributed by atoms with Crippen molar-refractivity contribution in [1.29, 1.82) is 0 Å². The fourth-order valence-corrected chi connectivity index (χ4v) is 2.84. The van der Waals surface area contributed by atoms with Gasteiger partial charge in [-0.2, -0.15) is 0 Å². The third-order valence-corrected chi connectivity index (χ3v) is 4.17. The Morgan fingerprint density at radius 2 is 1.79 bits per heavy atom. The van der Waals surface area contributed by atoms with Gasteiger partial charge in [-0.25, -0.2) is 0 Å². The van der Waals surface area contributed by atoms with Crippen molar-refractivity contribution in [2.75, 3.05) is 0 Å². The topological polar surface area (TPSA) is 51.2 Å². The molecule has 1 aliphatic carbocycles. The van der Waals surface area contributed by atoms with Gasteiger partial charge in [-0.1, -0.05) is 38.6 Å². The minimum Gasteiger partial charge on any atom is -0.299 e. The number of rotatable bonds is 3. The summed E-state index contributed by atoms with van der Waals surface area (Å²) in [5, 5.41) is -0.0354. The number of ketones is 2. The lowest BCUT2D eigenvalue weighted by molar-refractivity contribution is -0.142. The van der Waals surface area contributed by atoms with Crippen LogP contribution >= 0.6 is 11.8 Å². The van der Waals surface area contributed by atoms with Crippen LogP contribution < -0.4 is 0 Å².